The van der Waals surface area contributed by atoms with Crippen LogP contribution in [0, 0.1) is 0 Å². The molecule has 0 spiro atoms. The van der Waals surface area contributed by atoms with E-state index in [1.807, 2.05) is 32.9 Å². The monoisotopic (exact) mass is 553 g/mol. The van der Waals surface area contributed by atoms with Crippen molar-refractivity contribution in [1.82, 2.24) is 16.1 Å². The van der Waals surface area contributed by atoms with E-state index in [0.717, 1.165) is 52.5 Å². The average Bonchev–Trinajstić information content (AvgIpc) is 3.58. The average molecular weight is 554 g/mol. The first-order valence-electron chi connectivity index (χ1n) is 13.5. The van der Waals surface area contributed by atoms with Crippen LogP contribution in [0.1, 0.15) is 72.8 Å². The van der Waals surface area contributed by atoms with Crippen LogP contribution in [0.25, 0.3) is 10.1 Å². The van der Waals surface area contributed by atoms with Crippen molar-refractivity contribution in [3.05, 3.63) is 70.1 Å². The van der Waals surface area contributed by atoms with E-state index in [9.17, 15) is 9.59 Å². The van der Waals surface area contributed by atoms with Crippen LogP contribution >= 0.6 is 11.3 Å². The molecule has 0 saturated heterocycles. The van der Waals surface area contributed by atoms with Crippen LogP contribution < -0.4 is 16.1 Å². The maximum atomic E-state index is 12.8. The first kappa shape index (κ1) is 29.2. The van der Waals surface area contributed by atoms with Crippen LogP contribution in [-0.2, 0) is 33.9 Å². The van der Waals surface area contributed by atoms with Gasteiger partial charge in [0.1, 0.15) is 12.1 Å². The Hall–Kier alpha value is -2.82. The van der Waals surface area contributed by atoms with Crippen LogP contribution in [0.15, 0.2) is 48.5 Å². The third kappa shape index (κ3) is 8.84. The number of hydrogen-bond donors (Lipinski definition) is 4. The van der Waals surface area contributed by atoms with E-state index in [-0.39, 0.29) is 24.3 Å². The first-order chi connectivity index (χ1) is 18.7. The molecule has 4 N–H and O–H groups in total. The fourth-order valence-electron chi connectivity index (χ4n) is 4.52. The molecule has 1 amide bonds. The Morgan fingerprint density at radius 3 is 2.28 bits per heavy atom. The zero-order valence-electron chi connectivity index (χ0n) is 22.9. The third-order valence-electron chi connectivity index (χ3n) is 6.70. The van der Waals surface area contributed by atoms with Crippen LogP contribution in [0.5, 0.6) is 0 Å². The van der Waals surface area contributed by atoms with E-state index < -0.39 is 11.9 Å². The lowest BCUT2D eigenvalue weighted by Gasteiger charge is -2.25. The Morgan fingerprint density at radius 1 is 0.974 bits per heavy atom. The van der Waals surface area contributed by atoms with Crippen molar-refractivity contribution in [2.45, 2.75) is 83.8 Å². The second-order valence-corrected chi connectivity index (χ2v) is 12.1. The van der Waals surface area contributed by atoms with Crippen molar-refractivity contribution in [2.75, 3.05) is 6.61 Å². The minimum Gasteiger partial charge on any atom is -0.461 e. The zero-order valence-corrected chi connectivity index (χ0v) is 23.7. The lowest BCUT2D eigenvalue weighted by Crippen LogP contribution is -2.44. The van der Waals surface area contributed by atoms with Gasteiger partial charge in [0.05, 0.1) is 17.1 Å². The van der Waals surface area contributed by atoms with E-state index in [4.69, 9.17) is 14.7 Å². The van der Waals surface area contributed by atoms with Gasteiger partial charge in [-0.25, -0.2) is 5.48 Å². The molecule has 1 atom stereocenters. The van der Waals surface area contributed by atoms with E-state index in [1.165, 1.54) is 11.3 Å². The van der Waals surface area contributed by atoms with Gasteiger partial charge in [0.25, 0.3) is 5.91 Å². The molecule has 1 fully saturated rings. The molecular formula is C30H39N3O5S. The summed E-state index contributed by atoms with van der Waals surface area (Å²) in [4.78, 5) is 25.0. The van der Waals surface area contributed by atoms with Gasteiger partial charge in [-0.3, -0.25) is 20.1 Å². The molecule has 4 rings (SSSR count). The molecule has 3 aromatic rings. The van der Waals surface area contributed by atoms with Gasteiger partial charge in [-0.1, -0.05) is 36.4 Å². The molecule has 0 radical (unpaired) electrons. The van der Waals surface area contributed by atoms with Gasteiger partial charge < -0.3 is 14.8 Å². The molecule has 1 unspecified atom stereocenters. The second kappa shape index (κ2) is 13.5. The highest BCUT2D eigenvalue weighted by Crippen LogP contribution is 2.27. The highest BCUT2D eigenvalue weighted by atomic mass is 32.1. The maximum absolute atomic E-state index is 12.8. The van der Waals surface area contributed by atoms with Crippen molar-refractivity contribution in [3.63, 3.8) is 0 Å². The molecule has 1 saturated carbocycles. The molecule has 1 heterocycles. The second-order valence-electron chi connectivity index (χ2n) is 11.0. The van der Waals surface area contributed by atoms with Gasteiger partial charge in [-0.15, -0.1) is 11.3 Å². The number of thiophene rings is 1. The number of fused-ring (bicyclic) bond motifs is 1. The predicted molar refractivity (Wildman–Crippen MR) is 153 cm³/mol. The summed E-state index contributed by atoms with van der Waals surface area (Å²) in [6.45, 7) is 8.16. The van der Waals surface area contributed by atoms with Gasteiger partial charge >= 0.3 is 5.97 Å². The fourth-order valence-corrected chi connectivity index (χ4v) is 5.53. The van der Waals surface area contributed by atoms with E-state index in [1.54, 1.807) is 11.5 Å². The Balaban J connectivity index is 1.26. The summed E-state index contributed by atoms with van der Waals surface area (Å²) in [7, 11) is 0. The van der Waals surface area contributed by atoms with Crippen molar-refractivity contribution in [3.8, 4) is 0 Å². The van der Waals surface area contributed by atoms with Crippen molar-refractivity contribution in [1.29, 1.82) is 0 Å². The summed E-state index contributed by atoms with van der Waals surface area (Å²) < 4.78 is 12.7. The SMILES string of the molecule is CC(C)(C)OCC(NCc1ccc(CNCc2ccc3cc(C(=O)NO)sc3c2)cc1)C(=O)OC1CCCC1. The number of ether oxygens (including phenoxy) is 2. The van der Waals surface area contributed by atoms with Gasteiger partial charge in [-0.2, -0.15) is 0 Å². The Labute approximate surface area is 234 Å². The first-order valence-corrected chi connectivity index (χ1v) is 14.3. The van der Waals surface area contributed by atoms with Crippen LogP contribution in [0.4, 0.5) is 0 Å². The quantitative estimate of drug-likeness (QED) is 0.141. The number of carbonyl (C=O) groups excluding carboxylic acids is 2. The van der Waals surface area contributed by atoms with Crippen molar-refractivity contribution < 1.29 is 24.3 Å². The van der Waals surface area contributed by atoms with Gasteiger partial charge in [0.2, 0.25) is 0 Å². The number of hydroxylamine groups is 1. The molecule has 1 aromatic heterocycles. The number of esters is 1. The number of nitrogens with one attached hydrogen (secondary N) is 3. The fraction of sp³-hybridized carbons (Fsp3) is 0.467. The molecule has 8 nitrogen and oxygen atoms in total. The van der Waals surface area contributed by atoms with Gasteiger partial charge in [0.15, 0.2) is 0 Å². The Bertz CT molecular complexity index is 1250. The largest absolute Gasteiger partial charge is 0.461 e. The van der Waals surface area contributed by atoms with Crippen molar-refractivity contribution >= 4 is 33.3 Å². The normalized spacial score (nSPS) is 15.0. The number of amides is 1. The number of benzene rings is 2. The van der Waals surface area contributed by atoms with Crippen LogP contribution in [-0.4, -0.2) is 41.4 Å². The topological polar surface area (TPSA) is 109 Å². The van der Waals surface area contributed by atoms with E-state index in [2.05, 4.69) is 41.0 Å². The zero-order chi connectivity index (χ0) is 27.8. The molecule has 39 heavy (non-hydrogen) atoms. The third-order valence-corrected chi connectivity index (χ3v) is 7.79. The standard InChI is InChI=1S/C30H39N3O5S/c1-30(2,3)37-19-25(29(35)38-24-6-4-5-7-24)32-18-21-10-8-20(9-11-21)16-31-17-22-12-13-23-15-27(28(34)33-36)39-26(23)14-22/h8-15,24-25,31-32,36H,4-7,16-19H2,1-3H3,(H,33,34). The molecule has 210 valence electrons. The smallest absolute Gasteiger partial charge is 0.325 e. The number of carbonyl (C=O) groups is 2. The highest BCUT2D eigenvalue weighted by molar-refractivity contribution is 7.20. The minimum atomic E-state index is -0.513. The van der Waals surface area contributed by atoms with Gasteiger partial charge in [-0.05, 0) is 80.7 Å². The summed E-state index contributed by atoms with van der Waals surface area (Å²) in [6.07, 6.45) is 4.15. The van der Waals surface area contributed by atoms with E-state index in [0.29, 0.717) is 24.5 Å². The molecule has 1 aliphatic rings. The van der Waals surface area contributed by atoms with Crippen LogP contribution in [0.3, 0.4) is 0 Å². The van der Waals surface area contributed by atoms with Crippen molar-refractivity contribution in [2.24, 2.45) is 0 Å². The highest BCUT2D eigenvalue weighted by Gasteiger charge is 2.27. The van der Waals surface area contributed by atoms with Crippen LogP contribution in [0.2, 0.25) is 0 Å². The lowest BCUT2D eigenvalue weighted by atomic mass is 10.1. The molecule has 1 aliphatic carbocycles. The minimum absolute atomic E-state index is 0.0284. The summed E-state index contributed by atoms with van der Waals surface area (Å²) in [5.41, 5.74) is 4.71. The molecule has 9 heteroatoms. The number of rotatable bonds is 12. The summed E-state index contributed by atoms with van der Waals surface area (Å²) >= 11 is 1.35. The maximum Gasteiger partial charge on any atom is 0.325 e. The Morgan fingerprint density at radius 2 is 1.62 bits per heavy atom. The summed E-state index contributed by atoms with van der Waals surface area (Å²) in [5.74, 6) is -0.729. The number of hydrogen-bond acceptors (Lipinski definition) is 8. The molecule has 0 bridgehead atoms. The molecular weight excluding hydrogens is 514 g/mol. The predicted octanol–water partition coefficient (Wildman–Crippen LogP) is 5.07. The molecule has 0 aliphatic heterocycles. The summed E-state index contributed by atoms with van der Waals surface area (Å²) in [6, 6.07) is 15.7. The van der Waals surface area contributed by atoms with Gasteiger partial charge in [0, 0.05) is 24.3 Å². The Kier molecular flexibility index (Phi) is 10.1. The lowest BCUT2D eigenvalue weighted by molar-refractivity contribution is -0.154. The molecule has 2 aromatic carbocycles. The summed E-state index contributed by atoms with van der Waals surface area (Å²) in [5, 5.41) is 16.6. The van der Waals surface area contributed by atoms with E-state index >= 15 is 0 Å².